The molecule has 0 aliphatic heterocycles. The maximum absolute atomic E-state index is 6.08. The molecule has 6 nitrogen and oxygen atoms in total. The number of hydrogen-bond donors (Lipinski definition) is 0. The van der Waals surface area contributed by atoms with Crippen LogP contribution in [0.25, 0.3) is 0 Å². The van der Waals surface area contributed by atoms with Crippen LogP contribution in [0.4, 0.5) is 0 Å². The third-order valence-corrected chi connectivity index (χ3v) is 22.4. The molecule has 0 fully saturated rings. The van der Waals surface area contributed by atoms with E-state index < -0.39 is 28.2 Å². The third-order valence-electron chi connectivity index (χ3n) is 4.27. The lowest BCUT2D eigenvalue weighted by Gasteiger charge is -2.38. The van der Waals surface area contributed by atoms with Crippen molar-refractivity contribution in [3.63, 3.8) is 0 Å². The molecule has 2 unspecified atom stereocenters. The van der Waals surface area contributed by atoms with Gasteiger partial charge in [-0.1, -0.05) is 0 Å². The first-order valence-corrected chi connectivity index (χ1v) is 20.8. The molecule has 0 radical (unpaired) electrons. The predicted molar refractivity (Wildman–Crippen MR) is 142 cm³/mol. The third kappa shape index (κ3) is 11.1. The second-order valence-electron chi connectivity index (χ2n) is 6.21. The minimum Gasteiger partial charge on any atom is -0.374 e. The second kappa shape index (κ2) is 19.0. The van der Waals surface area contributed by atoms with Crippen molar-refractivity contribution in [1.29, 1.82) is 0 Å². The normalized spacial score (nSPS) is 15.6. The average molecular weight is 539 g/mol. The lowest BCUT2D eigenvalue weighted by atomic mass is 10.4. The standard InChI is InChI=1S/C18H42O6S4Si2/c1-9-19-15(7)17(21-11-3,22-12-4)29-27-25-26-28-30-18(23-13-5,24-14-6)16(8)20-10-2/h15-16H,9-14,29-30H2,1-8H3. The molecule has 0 rings (SSSR count). The van der Waals surface area contributed by atoms with E-state index in [1.165, 1.54) is 0 Å². The summed E-state index contributed by atoms with van der Waals surface area (Å²) in [7, 11) is 5.78. The molecule has 0 amide bonds. The van der Waals surface area contributed by atoms with Crippen LogP contribution in [0.5, 0.6) is 0 Å². The van der Waals surface area contributed by atoms with Crippen molar-refractivity contribution in [2.75, 3.05) is 39.6 Å². The van der Waals surface area contributed by atoms with Crippen LogP contribution in [-0.2, 0) is 28.4 Å². The highest BCUT2D eigenvalue weighted by Crippen LogP contribution is 2.45. The predicted octanol–water partition coefficient (Wildman–Crippen LogP) is 4.14. The molecule has 0 aliphatic rings. The molecule has 0 spiro atoms. The summed E-state index contributed by atoms with van der Waals surface area (Å²) in [6.45, 7) is 19.9. The van der Waals surface area contributed by atoms with Crippen LogP contribution in [0.2, 0.25) is 0 Å². The van der Waals surface area contributed by atoms with Gasteiger partial charge in [0.05, 0.1) is 0 Å². The highest BCUT2D eigenvalue weighted by Gasteiger charge is 2.40. The Morgan fingerprint density at radius 3 is 1.10 bits per heavy atom. The lowest BCUT2D eigenvalue weighted by molar-refractivity contribution is -0.231. The molecule has 0 saturated carbocycles. The Labute approximate surface area is 203 Å². The summed E-state index contributed by atoms with van der Waals surface area (Å²) < 4.78 is 36.0. The average Bonchev–Trinajstić information content (AvgIpc) is 2.71. The Bertz CT molecular complexity index is 367. The smallest absolute Gasteiger partial charge is 0.181 e. The van der Waals surface area contributed by atoms with E-state index in [2.05, 4.69) is 13.8 Å². The summed E-state index contributed by atoms with van der Waals surface area (Å²) in [5.74, 6) is 0. The molecule has 0 N–H and O–H groups in total. The molecule has 0 heterocycles. The van der Waals surface area contributed by atoms with Crippen LogP contribution in [0.15, 0.2) is 0 Å². The molecule has 2 atom stereocenters. The molecule has 0 bridgehead atoms. The van der Waals surface area contributed by atoms with Gasteiger partial charge < -0.3 is 28.4 Å². The van der Waals surface area contributed by atoms with Gasteiger partial charge in [-0.15, -0.1) is 20.5 Å². The Balaban J connectivity index is 4.76. The molecular weight excluding hydrogens is 497 g/mol. The van der Waals surface area contributed by atoms with E-state index in [1.807, 2.05) is 62.0 Å². The van der Waals surface area contributed by atoms with Gasteiger partial charge in [0.2, 0.25) is 0 Å². The molecule has 30 heavy (non-hydrogen) atoms. The number of hydrogen-bond acceptors (Lipinski definition) is 10. The fourth-order valence-corrected chi connectivity index (χ4v) is 24.8. The van der Waals surface area contributed by atoms with Crippen molar-refractivity contribution in [2.45, 2.75) is 78.4 Å². The van der Waals surface area contributed by atoms with E-state index in [0.29, 0.717) is 39.6 Å². The summed E-state index contributed by atoms with van der Waals surface area (Å²) in [6, 6.07) is 0. The number of ether oxygens (including phenoxy) is 6. The Morgan fingerprint density at radius 2 is 0.867 bits per heavy atom. The largest absolute Gasteiger partial charge is 0.374 e. The van der Waals surface area contributed by atoms with Crippen LogP contribution >= 0.6 is 40.1 Å². The Morgan fingerprint density at radius 1 is 0.567 bits per heavy atom. The zero-order valence-corrected chi connectivity index (χ0v) is 26.0. The van der Waals surface area contributed by atoms with E-state index in [9.17, 15) is 0 Å². The van der Waals surface area contributed by atoms with Crippen LogP contribution in [-0.4, -0.2) is 80.0 Å². The fraction of sp³-hybridized carbons (Fsp3) is 1.00. The van der Waals surface area contributed by atoms with E-state index >= 15 is 0 Å². The maximum atomic E-state index is 6.08. The van der Waals surface area contributed by atoms with Gasteiger partial charge in [-0.05, 0) is 75.0 Å². The van der Waals surface area contributed by atoms with Crippen LogP contribution in [0.3, 0.4) is 0 Å². The van der Waals surface area contributed by atoms with Gasteiger partial charge in [-0.2, -0.15) is 0 Å². The van der Waals surface area contributed by atoms with E-state index in [4.69, 9.17) is 28.4 Å². The van der Waals surface area contributed by atoms with Crippen molar-refractivity contribution in [2.24, 2.45) is 0 Å². The van der Waals surface area contributed by atoms with E-state index in [1.54, 1.807) is 19.7 Å². The van der Waals surface area contributed by atoms with Gasteiger partial charge >= 0.3 is 0 Å². The summed E-state index contributed by atoms with van der Waals surface area (Å²) in [6.07, 6.45) is -0.158. The first-order chi connectivity index (χ1) is 14.4. The fourth-order valence-electron chi connectivity index (χ4n) is 2.94. The number of rotatable bonds is 21. The summed E-state index contributed by atoms with van der Waals surface area (Å²) in [4.78, 5) is 0. The lowest BCUT2D eigenvalue weighted by Crippen LogP contribution is -2.51. The van der Waals surface area contributed by atoms with E-state index in [0.717, 1.165) is 0 Å². The molecule has 0 aliphatic carbocycles. The quantitative estimate of drug-likeness (QED) is 0.0922. The first kappa shape index (κ1) is 31.6. The van der Waals surface area contributed by atoms with Crippen molar-refractivity contribution < 1.29 is 28.4 Å². The van der Waals surface area contributed by atoms with Gasteiger partial charge in [0.1, 0.15) is 12.2 Å². The molecule has 0 aromatic rings. The molecule has 0 saturated heterocycles. The van der Waals surface area contributed by atoms with Gasteiger partial charge in [0.15, 0.2) is 28.2 Å². The van der Waals surface area contributed by atoms with Crippen molar-refractivity contribution in [1.82, 2.24) is 0 Å². The summed E-state index contributed by atoms with van der Waals surface area (Å²) in [5, 5.41) is 0. The maximum Gasteiger partial charge on any atom is 0.181 e. The van der Waals surface area contributed by atoms with Crippen LogP contribution in [0, 0.1) is 0 Å². The highest BCUT2D eigenvalue weighted by molar-refractivity contribution is 9.30. The summed E-state index contributed by atoms with van der Waals surface area (Å²) >= 11 is 0. The van der Waals surface area contributed by atoms with E-state index in [-0.39, 0.29) is 12.2 Å². The monoisotopic (exact) mass is 538 g/mol. The van der Waals surface area contributed by atoms with Gasteiger partial charge in [-0.25, -0.2) is 0 Å². The summed E-state index contributed by atoms with van der Waals surface area (Å²) in [5.41, 5.74) is -1.19. The van der Waals surface area contributed by atoms with Gasteiger partial charge in [0.25, 0.3) is 0 Å². The molecular formula is C18H42O6S4Si2. The molecule has 182 valence electrons. The highest BCUT2D eigenvalue weighted by atomic mass is 33.7. The second-order valence-corrected chi connectivity index (χ2v) is 20.2. The SMILES string of the molecule is CCOC(C)C(OCC)(OCC)[SiH2]SSSS[SiH2]C(OCC)(OCC)C(C)OCC. The van der Waals surface area contributed by atoms with Crippen molar-refractivity contribution >= 4 is 57.5 Å². The Hall–Kier alpha value is 1.59. The zero-order valence-electron chi connectivity index (χ0n) is 19.9. The molecule has 0 aromatic heterocycles. The van der Waals surface area contributed by atoms with Crippen molar-refractivity contribution in [3.05, 3.63) is 0 Å². The first-order valence-electron chi connectivity index (χ1n) is 10.8. The van der Waals surface area contributed by atoms with Gasteiger partial charge in [-0.3, -0.25) is 0 Å². The minimum absolute atomic E-state index is 0.0789. The molecule has 12 heteroatoms. The Kier molecular flexibility index (Phi) is 20.0. The van der Waals surface area contributed by atoms with Crippen LogP contribution in [0.1, 0.15) is 55.4 Å². The zero-order chi connectivity index (χ0) is 22.9. The van der Waals surface area contributed by atoms with Crippen LogP contribution < -0.4 is 0 Å². The minimum atomic E-state index is -0.772. The topological polar surface area (TPSA) is 55.4 Å². The van der Waals surface area contributed by atoms with Gasteiger partial charge in [0, 0.05) is 39.6 Å². The molecule has 0 aromatic carbocycles. The van der Waals surface area contributed by atoms with Crippen molar-refractivity contribution in [3.8, 4) is 0 Å².